The van der Waals surface area contributed by atoms with Crippen molar-refractivity contribution in [2.75, 3.05) is 0 Å². The lowest BCUT2D eigenvalue weighted by Crippen LogP contribution is -2.14. The summed E-state index contributed by atoms with van der Waals surface area (Å²) in [6.45, 7) is 0.732. The topological polar surface area (TPSA) is 24.9 Å². The molecule has 0 unspecified atom stereocenters. The van der Waals surface area contributed by atoms with Gasteiger partial charge >= 0.3 is 6.18 Å². The lowest BCUT2D eigenvalue weighted by molar-refractivity contribution is -0.137. The summed E-state index contributed by atoms with van der Waals surface area (Å²) in [5, 5.41) is 6.21. The van der Waals surface area contributed by atoms with Crippen LogP contribution in [0.3, 0.4) is 0 Å². The van der Waals surface area contributed by atoms with Gasteiger partial charge in [-0.25, -0.2) is 4.98 Å². The van der Waals surface area contributed by atoms with Gasteiger partial charge in [0.05, 0.1) is 11.3 Å². The van der Waals surface area contributed by atoms with Gasteiger partial charge in [-0.1, -0.05) is 12.1 Å². The van der Waals surface area contributed by atoms with Crippen LogP contribution in [0.15, 0.2) is 29.6 Å². The van der Waals surface area contributed by atoms with Crippen molar-refractivity contribution in [1.82, 2.24) is 10.3 Å². The van der Waals surface area contributed by atoms with Crippen molar-refractivity contribution in [2.45, 2.75) is 31.6 Å². The molecule has 6 heteroatoms. The van der Waals surface area contributed by atoms with Gasteiger partial charge in [-0.15, -0.1) is 11.3 Å². The van der Waals surface area contributed by atoms with E-state index in [-0.39, 0.29) is 0 Å². The lowest BCUT2D eigenvalue weighted by Gasteiger charge is -2.06. The fourth-order valence-electron chi connectivity index (χ4n) is 1.87. The fourth-order valence-corrected chi connectivity index (χ4v) is 2.63. The largest absolute Gasteiger partial charge is 0.416 e. The first-order valence-corrected chi connectivity index (χ1v) is 7.26. The Hall–Kier alpha value is -1.40. The molecule has 1 aromatic carbocycles. The van der Waals surface area contributed by atoms with Crippen LogP contribution in [0.4, 0.5) is 13.2 Å². The van der Waals surface area contributed by atoms with Crippen molar-refractivity contribution in [2.24, 2.45) is 0 Å². The number of halogens is 3. The minimum absolute atomic E-state index is 0.619. The van der Waals surface area contributed by atoms with Gasteiger partial charge in [-0.2, -0.15) is 13.2 Å². The van der Waals surface area contributed by atoms with Gasteiger partial charge < -0.3 is 5.32 Å². The molecule has 20 heavy (non-hydrogen) atoms. The average molecular weight is 298 g/mol. The van der Waals surface area contributed by atoms with Crippen LogP contribution in [0.1, 0.15) is 23.4 Å². The second-order valence-electron chi connectivity index (χ2n) is 4.86. The highest BCUT2D eigenvalue weighted by Crippen LogP contribution is 2.31. The molecule has 2 nitrogen and oxygen atoms in total. The van der Waals surface area contributed by atoms with E-state index >= 15 is 0 Å². The molecule has 0 amide bonds. The molecule has 1 aliphatic rings. The molecule has 1 N–H and O–H groups in total. The maximum atomic E-state index is 12.5. The van der Waals surface area contributed by atoms with Crippen molar-refractivity contribution in [1.29, 1.82) is 0 Å². The van der Waals surface area contributed by atoms with E-state index in [1.807, 2.05) is 5.38 Å². The molecule has 0 saturated heterocycles. The third-order valence-corrected chi connectivity index (χ3v) is 4.03. The predicted octanol–water partition coefficient (Wildman–Crippen LogP) is 4.08. The van der Waals surface area contributed by atoms with Gasteiger partial charge in [0, 0.05) is 23.5 Å². The Balaban J connectivity index is 1.71. The Kier molecular flexibility index (Phi) is 3.52. The zero-order valence-electron chi connectivity index (χ0n) is 10.6. The number of benzene rings is 1. The summed E-state index contributed by atoms with van der Waals surface area (Å²) >= 11 is 1.53. The number of nitrogens with one attached hydrogen (secondary N) is 1. The molecule has 2 aromatic rings. The first-order chi connectivity index (χ1) is 9.52. The van der Waals surface area contributed by atoms with Crippen molar-refractivity contribution in [3.63, 3.8) is 0 Å². The first kappa shape index (κ1) is 13.6. The minimum Gasteiger partial charge on any atom is -0.308 e. The molecule has 0 spiro atoms. The van der Waals surface area contributed by atoms with Crippen molar-refractivity contribution < 1.29 is 13.2 Å². The molecule has 1 aromatic heterocycles. The van der Waals surface area contributed by atoms with Crippen LogP contribution in [0, 0.1) is 0 Å². The van der Waals surface area contributed by atoms with Gasteiger partial charge in [0.15, 0.2) is 0 Å². The van der Waals surface area contributed by atoms with E-state index in [0.29, 0.717) is 11.6 Å². The minimum atomic E-state index is -4.29. The van der Waals surface area contributed by atoms with Gasteiger partial charge in [-0.05, 0) is 25.0 Å². The highest BCUT2D eigenvalue weighted by atomic mass is 32.1. The van der Waals surface area contributed by atoms with Crippen LogP contribution in [0.25, 0.3) is 11.3 Å². The summed E-state index contributed by atoms with van der Waals surface area (Å²) in [4.78, 5) is 4.45. The molecule has 106 valence electrons. The molecule has 1 fully saturated rings. The molecule has 1 saturated carbocycles. The van der Waals surface area contributed by atoms with Crippen LogP contribution in [0.5, 0.6) is 0 Å². The molecule has 1 aliphatic carbocycles. The van der Waals surface area contributed by atoms with E-state index in [0.717, 1.165) is 29.4 Å². The summed E-state index contributed by atoms with van der Waals surface area (Å²) < 4.78 is 37.5. The van der Waals surface area contributed by atoms with Gasteiger partial charge in [-0.3, -0.25) is 0 Å². The van der Waals surface area contributed by atoms with Crippen molar-refractivity contribution in [3.8, 4) is 11.3 Å². The Morgan fingerprint density at radius 2 is 1.90 bits per heavy atom. The van der Waals surface area contributed by atoms with Gasteiger partial charge in [0.2, 0.25) is 0 Å². The number of hydrogen-bond acceptors (Lipinski definition) is 3. The normalized spacial score (nSPS) is 15.6. The Labute approximate surface area is 118 Å². The third-order valence-electron chi connectivity index (χ3n) is 3.18. The molecule has 0 bridgehead atoms. The van der Waals surface area contributed by atoms with Crippen LogP contribution in [-0.4, -0.2) is 11.0 Å². The maximum absolute atomic E-state index is 12.5. The Morgan fingerprint density at radius 3 is 2.50 bits per heavy atom. The molecule has 0 atom stereocenters. The van der Waals surface area contributed by atoms with Gasteiger partial charge in [0.1, 0.15) is 5.01 Å². The second-order valence-corrected chi connectivity index (χ2v) is 5.80. The second kappa shape index (κ2) is 5.18. The van der Waals surface area contributed by atoms with Gasteiger partial charge in [0.25, 0.3) is 0 Å². The molecular formula is C14H13F3N2S. The van der Waals surface area contributed by atoms with Crippen molar-refractivity contribution >= 4 is 11.3 Å². The van der Waals surface area contributed by atoms with Crippen LogP contribution < -0.4 is 5.32 Å². The number of thiazole rings is 1. The average Bonchev–Trinajstić information content (AvgIpc) is 3.13. The van der Waals surface area contributed by atoms with Crippen LogP contribution in [-0.2, 0) is 12.7 Å². The summed E-state index contributed by atoms with van der Waals surface area (Å²) in [5.74, 6) is 0. The summed E-state index contributed by atoms with van der Waals surface area (Å²) in [6.07, 6.45) is -1.85. The Bertz CT molecular complexity index is 585. The van der Waals surface area contributed by atoms with E-state index in [4.69, 9.17) is 0 Å². The highest BCUT2D eigenvalue weighted by Gasteiger charge is 2.30. The van der Waals surface area contributed by atoms with Crippen molar-refractivity contribution in [3.05, 3.63) is 40.2 Å². The van der Waals surface area contributed by atoms with E-state index in [9.17, 15) is 13.2 Å². The fraction of sp³-hybridized carbons (Fsp3) is 0.357. The predicted molar refractivity (Wildman–Crippen MR) is 72.4 cm³/mol. The summed E-state index contributed by atoms with van der Waals surface area (Å²) in [5.41, 5.74) is 0.815. The summed E-state index contributed by atoms with van der Waals surface area (Å²) in [6, 6.07) is 5.74. The Morgan fingerprint density at radius 1 is 1.20 bits per heavy atom. The number of nitrogens with zero attached hydrogens (tertiary/aromatic N) is 1. The standard InChI is InChI=1S/C14H13F3N2S/c15-14(16,17)10-3-1-9(2-4-10)12-8-20-13(19-12)7-18-11-5-6-11/h1-4,8,11,18H,5-7H2. The lowest BCUT2D eigenvalue weighted by atomic mass is 10.1. The third kappa shape index (κ3) is 3.19. The van der Waals surface area contributed by atoms with E-state index < -0.39 is 11.7 Å². The molecule has 3 rings (SSSR count). The monoisotopic (exact) mass is 298 g/mol. The molecule has 0 aliphatic heterocycles. The van der Waals surface area contributed by atoms with Crippen LogP contribution >= 0.6 is 11.3 Å². The van der Waals surface area contributed by atoms with Crippen LogP contribution in [0.2, 0.25) is 0 Å². The maximum Gasteiger partial charge on any atom is 0.416 e. The molecule has 1 heterocycles. The quantitative estimate of drug-likeness (QED) is 0.920. The molecular weight excluding hydrogens is 285 g/mol. The van der Waals surface area contributed by atoms with E-state index in [1.54, 1.807) is 0 Å². The SMILES string of the molecule is FC(F)(F)c1ccc(-c2csc(CNC3CC3)n2)cc1. The first-order valence-electron chi connectivity index (χ1n) is 6.38. The smallest absolute Gasteiger partial charge is 0.308 e. The summed E-state index contributed by atoms with van der Waals surface area (Å²) in [7, 11) is 0. The number of alkyl halides is 3. The zero-order chi connectivity index (χ0) is 14.2. The highest BCUT2D eigenvalue weighted by molar-refractivity contribution is 7.09. The molecule has 0 radical (unpaired) electrons. The van der Waals surface area contributed by atoms with E-state index in [2.05, 4.69) is 10.3 Å². The zero-order valence-corrected chi connectivity index (χ0v) is 11.4. The van der Waals surface area contributed by atoms with E-state index in [1.165, 1.54) is 36.3 Å². The number of aromatic nitrogens is 1. The number of hydrogen-bond donors (Lipinski definition) is 1. The number of rotatable bonds is 4.